The Bertz CT molecular complexity index is 626. The first-order valence-corrected chi connectivity index (χ1v) is 6.31. The zero-order valence-corrected chi connectivity index (χ0v) is 11.1. The lowest BCUT2D eigenvalue weighted by atomic mass is 10.1. The van der Waals surface area contributed by atoms with E-state index in [0.717, 1.165) is 0 Å². The second-order valence-corrected chi connectivity index (χ2v) is 4.35. The van der Waals surface area contributed by atoms with Crippen LogP contribution >= 0.6 is 0 Å². The van der Waals surface area contributed by atoms with E-state index in [1.165, 1.54) is 4.68 Å². The van der Waals surface area contributed by atoms with Crippen molar-refractivity contribution in [3.63, 3.8) is 0 Å². The first-order valence-electron chi connectivity index (χ1n) is 6.31. The molecule has 0 aliphatic heterocycles. The Kier molecular flexibility index (Phi) is 4.62. The van der Waals surface area contributed by atoms with Gasteiger partial charge in [-0.15, -0.1) is 0 Å². The van der Waals surface area contributed by atoms with E-state index in [1.54, 1.807) is 36.8 Å². The van der Waals surface area contributed by atoms with Crippen LogP contribution in [0, 0.1) is 0 Å². The van der Waals surface area contributed by atoms with Gasteiger partial charge in [0.05, 0.1) is 11.7 Å². The fraction of sp³-hybridized carbons (Fsp3) is 0.231. The molecule has 8 heteroatoms. The van der Waals surface area contributed by atoms with Gasteiger partial charge in [0.2, 0.25) is 5.91 Å². The van der Waals surface area contributed by atoms with Crippen molar-refractivity contribution >= 4 is 17.6 Å². The number of anilines is 1. The number of carboxylic acid groups (broad SMARTS) is 1. The van der Waals surface area contributed by atoms with Gasteiger partial charge in [-0.2, -0.15) is 5.10 Å². The topological polar surface area (TPSA) is 123 Å². The highest BCUT2D eigenvalue weighted by Gasteiger charge is 2.17. The van der Waals surface area contributed by atoms with E-state index in [-0.39, 0.29) is 12.8 Å². The lowest BCUT2D eigenvalue weighted by Gasteiger charge is -2.13. The normalized spacial score (nSPS) is 11.9. The molecule has 110 valence electrons. The minimum Gasteiger partial charge on any atom is -0.481 e. The van der Waals surface area contributed by atoms with Crippen LogP contribution < -0.4 is 11.1 Å². The molecule has 1 unspecified atom stereocenters. The summed E-state index contributed by atoms with van der Waals surface area (Å²) in [7, 11) is 0. The van der Waals surface area contributed by atoms with Crippen LogP contribution in [-0.4, -0.2) is 37.8 Å². The van der Waals surface area contributed by atoms with Crippen LogP contribution in [-0.2, 0) is 9.59 Å². The van der Waals surface area contributed by atoms with Crippen molar-refractivity contribution in [2.45, 2.75) is 18.9 Å². The van der Waals surface area contributed by atoms with Crippen LogP contribution in [0.15, 0.2) is 36.8 Å². The smallest absolute Gasteiger partial charge is 0.303 e. The third-order valence-electron chi connectivity index (χ3n) is 2.77. The van der Waals surface area contributed by atoms with Crippen molar-refractivity contribution < 1.29 is 14.7 Å². The zero-order valence-electron chi connectivity index (χ0n) is 11.1. The third-order valence-corrected chi connectivity index (χ3v) is 2.77. The monoisotopic (exact) mass is 289 g/mol. The summed E-state index contributed by atoms with van der Waals surface area (Å²) in [5.74, 6) is -0.990. The van der Waals surface area contributed by atoms with E-state index in [1.807, 2.05) is 0 Å². The molecule has 2 aromatic rings. The highest BCUT2D eigenvalue weighted by Crippen LogP contribution is 2.16. The molecule has 2 rings (SSSR count). The highest BCUT2D eigenvalue weighted by molar-refractivity contribution is 5.96. The number of pyridine rings is 1. The number of hydrogen-bond donors (Lipinski definition) is 3. The molecule has 21 heavy (non-hydrogen) atoms. The largest absolute Gasteiger partial charge is 0.481 e. The van der Waals surface area contributed by atoms with Gasteiger partial charge in [-0.25, -0.2) is 9.67 Å². The summed E-state index contributed by atoms with van der Waals surface area (Å²) in [5, 5.41) is 15.3. The van der Waals surface area contributed by atoms with Gasteiger partial charge < -0.3 is 16.2 Å². The molecule has 0 aromatic carbocycles. The summed E-state index contributed by atoms with van der Waals surface area (Å²) in [6.07, 6.45) is 4.78. The Morgan fingerprint density at radius 1 is 1.38 bits per heavy atom. The molecule has 0 bridgehead atoms. The second kappa shape index (κ2) is 6.62. The van der Waals surface area contributed by atoms with Crippen molar-refractivity contribution in [2.24, 2.45) is 5.73 Å². The van der Waals surface area contributed by atoms with E-state index < -0.39 is 17.9 Å². The number of nitrogens with one attached hydrogen (secondary N) is 1. The number of hydrogen-bond acceptors (Lipinski definition) is 5. The van der Waals surface area contributed by atoms with Crippen LogP contribution in [0.4, 0.5) is 5.69 Å². The van der Waals surface area contributed by atoms with Crippen molar-refractivity contribution in [2.75, 3.05) is 5.32 Å². The number of carbonyl (C=O) groups excluding carboxylic acids is 1. The quantitative estimate of drug-likeness (QED) is 0.707. The minimum absolute atomic E-state index is 0.0680. The predicted molar refractivity (Wildman–Crippen MR) is 74.8 cm³/mol. The number of nitrogens with zero attached hydrogens (tertiary/aromatic N) is 3. The van der Waals surface area contributed by atoms with Gasteiger partial charge in [-0.1, -0.05) is 0 Å². The Hall–Kier alpha value is -2.74. The van der Waals surface area contributed by atoms with Gasteiger partial charge in [0.25, 0.3) is 0 Å². The van der Waals surface area contributed by atoms with E-state index >= 15 is 0 Å². The first-order chi connectivity index (χ1) is 10.1. The maximum atomic E-state index is 12.0. The molecule has 0 aliphatic rings. The van der Waals surface area contributed by atoms with Gasteiger partial charge in [-0.3, -0.25) is 9.59 Å². The van der Waals surface area contributed by atoms with Crippen molar-refractivity contribution in [1.29, 1.82) is 0 Å². The Balaban J connectivity index is 2.09. The van der Waals surface area contributed by atoms with Crippen LogP contribution in [0.1, 0.15) is 12.8 Å². The molecule has 0 fully saturated rings. The van der Waals surface area contributed by atoms with E-state index in [9.17, 15) is 9.59 Å². The number of aliphatic carboxylic acids is 1. The van der Waals surface area contributed by atoms with Crippen LogP contribution in [0.3, 0.4) is 0 Å². The van der Waals surface area contributed by atoms with Crippen LogP contribution in [0.5, 0.6) is 0 Å². The minimum atomic E-state index is -0.989. The van der Waals surface area contributed by atoms with Gasteiger partial charge in [0.1, 0.15) is 0 Å². The highest BCUT2D eigenvalue weighted by atomic mass is 16.4. The molecule has 8 nitrogen and oxygen atoms in total. The summed E-state index contributed by atoms with van der Waals surface area (Å²) in [4.78, 5) is 26.6. The molecule has 1 atom stereocenters. The molecular weight excluding hydrogens is 274 g/mol. The number of carboxylic acids is 1. The van der Waals surface area contributed by atoms with E-state index in [4.69, 9.17) is 10.8 Å². The maximum absolute atomic E-state index is 12.0. The number of aromatic nitrogens is 3. The Morgan fingerprint density at radius 2 is 2.19 bits per heavy atom. The zero-order chi connectivity index (χ0) is 15.2. The van der Waals surface area contributed by atoms with Gasteiger partial charge in [-0.05, 0) is 24.6 Å². The summed E-state index contributed by atoms with van der Waals surface area (Å²) < 4.78 is 1.51. The number of amides is 1. The van der Waals surface area contributed by atoms with Gasteiger partial charge in [0, 0.05) is 25.0 Å². The van der Waals surface area contributed by atoms with Crippen molar-refractivity contribution in [3.8, 4) is 5.82 Å². The maximum Gasteiger partial charge on any atom is 0.303 e. The van der Waals surface area contributed by atoms with Crippen LogP contribution in [0.2, 0.25) is 0 Å². The molecule has 1 amide bonds. The molecule has 2 heterocycles. The SMILES string of the molecule is NC(CCC(=O)O)C(=O)Nc1cccnc1-n1cccn1. The lowest BCUT2D eigenvalue weighted by molar-refractivity contribution is -0.137. The first kappa shape index (κ1) is 14.7. The summed E-state index contributed by atoms with van der Waals surface area (Å²) >= 11 is 0. The van der Waals surface area contributed by atoms with Crippen LogP contribution in [0.25, 0.3) is 5.82 Å². The number of nitrogens with two attached hydrogens (primary N) is 1. The molecule has 0 saturated heterocycles. The predicted octanol–water partition coefficient (Wildman–Crippen LogP) is 0.398. The molecule has 0 radical (unpaired) electrons. The fourth-order valence-corrected chi connectivity index (χ4v) is 1.71. The Morgan fingerprint density at radius 3 is 2.86 bits per heavy atom. The molecular formula is C13H15N5O3. The molecule has 4 N–H and O–H groups in total. The van der Waals surface area contributed by atoms with Crippen molar-refractivity contribution in [1.82, 2.24) is 14.8 Å². The fourth-order valence-electron chi connectivity index (χ4n) is 1.71. The van der Waals surface area contributed by atoms with Crippen molar-refractivity contribution in [3.05, 3.63) is 36.8 Å². The summed E-state index contributed by atoms with van der Waals surface area (Å²) in [6.45, 7) is 0. The van der Waals surface area contributed by atoms with Gasteiger partial charge in [0.15, 0.2) is 5.82 Å². The lowest BCUT2D eigenvalue weighted by Crippen LogP contribution is -2.36. The van der Waals surface area contributed by atoms with E-state index in [0.29, 0.717) is 11.5 Å². The number of carbonyl (C=O) groups is 2. The third kappa shape index (κ3) is 3.86. The summed E-state index contributed by atoms with van der Waals surface area (Å²) in [5.41, 5.74) is 6.12. The average molecular weight is 289 g/mol. The summed E-state index contributed by atoms with van der Waals surface area (Å²) in [6, 6.07) is 4.18. The molecule has 2 aromatic heterocycles. The second-order valence-electron chi connectivity index (χ2n) is 4.35. The standard InChI is InChI=1S/C13H15N5O3/c14-9(4-5-11(19)20)13(21)17-10-3-1-6-15-12(10)18-8-2-7-16-18/h1-3,6-9H,4-5,14H2,(H,17,21)(H,19,20). The Labute approximate surface area is 120 Å². The van der Waals surface area contributed by atoms with E-state index in [2.05, 4.69) is 15.4 Å². The molecule has 0 aliphatic carbocycles. The molecule has 0 spiro atoms. The average Bonchev–Trinajstić information content (AvgIpc) is 2.99. The van der Waals surface area contributed by atoms with Gasteiger partial charge >= 0.3 is 5.97 Å². The molecule has 0 saturated carbocycles. The number of rotatable bonds is 6.